The molecule has 2 aromatic heterocycles. The zero-order valence-corrected chi connectivity index (χ0v) is 64.1. The quantitative estimate of drug-likeness (QED) is 0.0271. The van der Waals surface area contributed by atoms with E-state index in [1.807, 2.05) is 51.1 Å². The molecule has 2 aromatic carbocycles. The van der Waals surface area contributed by atoms with Gasteiger partial charge in [0, 0.05) is 48.0 Å². The van der Waals surface area contributed by atoms with E-state index in [1.165, 1.54) is 46.2 Å². The average molecular weight is 1570 g/mol. The third-order valence-corrected chi connectivity index (χ3v) is 24.8. The predicted molar refractivity (Wildman–Crippen MR) is 396 cm³/mol. The van der Waals surface area contributed by atoms with Gasteiger partial charge in [0.2, 0.25) is 60.8 Å². The monoisotopic (exact) mass is 1570 g/mol. The van der Waals surface area contributed by atoms with Gasteiger partial charge < -0.3 is 60.6 Å². The van der Waals surface area contributed by atoms with E-state index in [2.05, 4.69) is 69.5 Å². The number of benzene rings is 2. The highest BCUT2D eigenvalue weighted by atomic mass is 35.5. The minimum absolute atomic E-state index is 0.0205. The Hall–Kier alpha value is -9.31. The molecule has 4 aromatic rings. The van der Waals surface area contributed by atoms with Crippen LogP contribution in [0.2, 0.25) is 5.28 Å². The molecule has 2 aliphatic heterocycles. The number of carbonyl (C=O) groups excluding carboxylic acids is 8. The molecule has 2 saturated heterocycles. The lowest BCUT2D eigenvalue weighted by Crippen LogP contribution is -2.60. The van der Waals surface area contributed by atoms with Crippen molar-refractivity contribution in [1.29, 1.82) is 0 Å². The van der Waals surface area contributed by atoms with Crippen LogP contribution < -0.4 is 50.8 Å². The molecule has 109 heavy (non-hydrogen) atoms. The normalized spacial score (nSPS) is 25.2. The van der Waals surface area contributed by atoms with E-state index in [0.29, 0.717) is 49.1 Å². The van der Waals surface area contributed by atoms with Gasteiger partial charge in [-0.05, 0) is 149 Å². The highest BCUT2D eigenvalue weighted by molar-refractivity contribution is 7.91. The van der Waals surface area contributed by atoms with Gasteiger partial charge in [-0.2, -0.15) is 19.9 Å². The number of aromatic nitrogens is 5. The van der Waals surface area contributed by atoms with E-state index in [0.717, 1.165) is 69.8 Å². The maximum absolute atomic E-state index is 14.6. The average Bonchev–Trinajstić information content (AvgIpc) is 1.58. The van der Waals surface area contributed by atoms with E-state index < -0.39 is 154 Å². The molecule has 9 fully saturated rings. The van der Waals surface area contributed by atoms with Crippen LogP contribution in [0, 0.1) is 28.5 Å². The van der Waals surface area contributed by atoms with Crippen molar-refractivity contribution in [2.75, 3.05) is 23.7 Å². The summed E-state index contributed by atoms with van der Waals surface area (Å²) in [7, 11) is -7.84. The van der Waals surface area contributed by atoms with E-state index in [1.54, 1.807) is 26.8 Å². The topological polar surface area (TPSA) is 409 Å². The fourth-order valence-electron chi connectivity index (χ4n) is 14.2. The summed E-state index contributed by atoms with van der Waals surface area (Å²) < 4.78 is 92.3. The summed E-state index contributed by atoms with van der Waals surface area (Å²) in [4.78, 5) is 135. The molecule has 4 heterocycles. The number of halogens is 2. The molecule has 0 spiro atoms. The first-order valence-electron chi connectivity index (χ1n) is 37.2. The Morgan fingerprint density at radius 2 is 1.06 bits per heavy atom. The third kappa shape index (κ3) is 19.5. The van der Waals surface area contributed by atoms with E-state index >= 15 is 0 Å². The van der Waals surface area contributed by atoms with Gasteiger partial charge in [-0.1, -0.05) is 84.0 Å². The summed E-state index contributed by atoms with van der Waals surface area (Å²) in [6.07, 6.45) is 10.1. The number of ether oxygens (including phenoxy) is 4. The van der Waals surface area contributed by atoms with Gasteiger partial charge in [0.1, 0.15) is 71.3 Å². The van der Waals surface area contributed by atoms with Crippen molar-refractivity contribution in [3.63, 3.8) is 0 Å². The first kappa shape index (κ1) is 79.2. The van der Waals surface area contributed by atoms with Crippen molar-refractivity contribution in [1.82, 2.24) is 65.4 Å². The number of rotatable bonds is 27. The fraction of sp³-hybridized carbons (Fsp3) is 0.581. The summed E-state index contributed by atoms with van der Waals surface area (Å²) in [6.45, 7) is 18.0. The second-order valence-corrected chi connectivity index (χ2v) is 36.1. The summed E-state index contributed by atoms with van der Waals surface area (Å²) in [5, 5.41) is 15.8. The molecule has 9 aliphatic rings. The molecule has 0 radical (unpaired) electrons. The standard InChI is InChI=1S/C39H51N7O8S.C35H44ClFN8O8S/c1-5-24-21-39(24,36(49)45-55(51,52)28-17-18-28)44-34(47)29-19-27(22-46(29)35(48)32(38(2,3)4)43-37(50)54-26-13-9-10-14-26)53-31-20-30(40-25-15-16-25)41-33(42-31)23-11-7-6-8-12-23;1-5-19-17-35(19,29(48)44-54(50,51)24-14-15-24)43-27(46)25-16-23(52-32-41-30(36)40-31(42-32)38-21-12-10-20(37)11-13-21)18-45(25)28(47)26(34(2,3)4)39-33(49)53-22-8-6-7-9-22/h5-8,11-12,20,24-29,32H,1,9-10,13-19,21-22H2,2-4H3,(H,43,50)(H,44,47)(H,45,49)(H,40,41,42);5,10-13,19,22-26H,1,6-9,14-18H2,2-4H3,(H,39,49)(H,43,46)(H,44,48)(H,38,40,41,42)/t24?,27-,29+,32-,39-;19-,23-,25+,26-,35-/m11/s1. The number of sulfonamides is 2. The molecule has 7 saturated carbocycles. The first-order valence-corrected chi connectivity index (χ1v) is 40.6. The number of carbonyl (C=O) groups is 8. The highest BCUT2D eigenvalue weighted by Crippen LogP contribution is 2.47. The Morgan fingerprint density at radius 1 is 0.596 bits per heavy atom. The second-order valence-electron chi connectivity index (χ2n) is 31.9. The second kappa shape index (κ2) is 32.0. The maximum Gasteiger partial charge on any atom is 0.408 e. The summed E-state index contributed by atoms with van der Waals surface area (Å²) in [6, 6.07) is 12.0. The number of alkyl carbamates (subject to hydrolysis) is 2. The Bertz CT molecular complexity index is 4380. The Morgan fingerprint density at radius 3 is 1.50 bits per heavy atom. The number of hydrogen-bond acceptors (Lipinski definition) is 23. The lowest BCUT2D eigenvalue weighted by molar-refractivity contribution is -0.143. The summed E-state index contributed by atoms with van der Waals surface area (Å²) in [5.41, 5.74) is -3.57. The van der Waals surface area contributed by atoms with Gasteiger partial charge in [-0.3, -0.25) is 38.2 Å². The predicted octanol–water partition coefficient (Wildman–Crippen LogP) is 7.33. The van der Waals surface area contributed by atoms with Crippen LogP contribution in [-0.2, 0) is 58.3 Å². The Balaban J connectivity index is 0.000000203. The van der Waals surface area contributed by atoms with Gasteiger partial charge in [-0.25, -0.2) is 35.8 Å². The maximum atomic E-state index is 14.6. The third-order valence-electron chi connectivity index (χ3n) is 21.0. The van der Waals surface area contributed by atoms with E-state index in [4.69, 9.17) is 40.5 Å². The molecular weight excluding hydrogens is 1470 g/mol. The molecule has 31 nitrogen and oxygen atoms in total. The van der Waals surface area contributed by atoms with Gasteiger partial charge in [-0.15, -0.1) is 13.2 Å². The molecule has 7 aliphatic carbocycles. The molecule has 8 amide bonds. The van der Waals surface area contributed by atoms with Crippen LogP contribution >= 0.6 is 11.6 Å². The molecule has 1 unspecified atom stereocenters. The van der Waals surface area contributed by atoms with Crippen LogP contribution in [0.5, 0.6) is 11.9 Å². The van der Waals surface area contributed by atoms with Crippen molar-refractivity contribution < 1.29 is 78.5 Å². The zero-order chi connectivity index (χ0) is 78.1. The molecule has 8 N–H and O–H groups in total. The fourth-order valence-corrected chi connectivity index (χ4v) is 17.1. The minimum Gasteiger partial charge on any atom is -0.472 e. The molecule has 35 heteroatoms. The van der Waals surface area contributed by atoms with Crippen LogP contribution in [-0.4, -0.2) is 188 Å². The van der Waals surface area contributed by atoms with Crippen molar-refractivity contribution in [3.05, 3.63) is 97.1 Å². The number of nitrogens with zero attached hydrogens (tertiary/aromatic N) is 7. The van der Waals surface area contributed by atoms with E-state index in [9.17, 15) is 59.6 Å². The van der Waals surface area contributed by atoms with Crippen molar-refractivity contribution in [3.8, 4) is 23.3 Å². The number of amides is 8. The number of anilines is 3. The molecule has 10 atom stereocenters. The lowest BCUT2D eigenvalue weighted by Gasteiger charge is -2.35. The highest BCUT2D eigenvalue weighted by Gasteiger charge is 2.64. The first-order chi connectivity index (χ1) is 51.6. The molecule has 0 bridgehead atoms. The van der Waals surface area contributed by atoms with Crippen molar-refractivity contribution in [2.24, 2.45) is 22.7 Å². The van der Waals surface area contributed by atoms with Crippen LogP contribution in [0.1, 0.15) is 157 Å². The van der Waals surface area contributed by atoms with Crippen LogP contribution in [0.3, 0.4) is 0 Å². The SMILES string of the molecule is C=CC1C[C@]1(NC(=O)[C@@H]1C[C@@H](Oc2cc(NC3CC3)nc(-c3ccccc3)n2)CN1C(=O)[C@@H](NC(=O)OC1CCCC1)C(C)(C)C)C(=O)NS(=O)(=O)C1CC1.C=C[C@@H]1C[C@]1(NC(=O)[C@@H]1C[C@@H](Oc2nc(Cl)nc(Nc3ccc(F)cc3)n2)CN1C(=O)[C@@H](NC(=O)OC1CCCC1)C(C)(C)C)C(=O)NS(=O)(=O)C1CC1. The van der Waals surface area contributed by atoms with Gasteiger partial charge in [0.15, 0.2) is 5.82 Å². The van der Waals surface area contributed by atoms with Gasteiger partial charge >= 0.3 is 18.2 Å². The van der Waals surface area contributed by atoms with Gasteiger partial charge in [0.25, 0.3) is 11.8 Å². The number of nitrogens with one attached hydrogen (secondary N) is 8. The lowest BCUT2D eigenvalue weighted by atomic mass is 9.85. The molecular formula is C74H95ClFN15O16S2. The zero-order valence-electron chi connectivity index (χ0n) is 61.7. The van der Waals surface area contributed by atoms with E-state index in [-0.39, 0.29) is 74.1 Å². The molecule has 588 valence electrons. The largest absolute Gasteiger partial charge is 0.472 e. The van der Waals surface area contributed by atoms with Crippen LogP contribution in [0.25, 0.3) is 11.4 Å². The number of likely N-dealkylation sites (tertiary alicyclic amines) is 2. The van der Waals surface area contributed by atoms with Crippen LogP contribution in [0.4, 0.5) is 31.4 Å². The smallest absolute Gasteiger partial charge is 0.408 e. The summed E-state index contributed by atoms with van der Waals surface area (Å²) in [5.74, 6) is -4.55. The summed E-state index contributed by atoms with van der Waals surface area (Å²) >= 11 is 6.18. The minimum atomic E-state index is -3.93. The number of hydrogen-bond donors (Lipinski definition) is 8. The molecule has 13 rings (SSSR count). The van der Waals surface area contributed by atoms with Crippen LogP contribution in [0.15, 0.2) is 86.0 Å². The van der Waals surface area contributed by atoms with Crippen molar-refractivity contribution >= 4 is 96.7 Å². The van der Waals surface area contributed by atoms with Crippen molar-refractivity contribution in [2.45, 2.75) is 233 Å². The Labute approximate surface area is 637 Å². The van der Waals surface area contributed by atoms with Gasteiger partial charge in [0.05, 0.1) is 23.6 Å². The Kier molecular flexibility index (Phi) is 23.2.